The zero-order chi connectivity index (χ0) is 25.6. The fourth-order valence-corrected chi connectivity index (χ4v) is 5.90. The van der Waals surface area contributed by atoms with Crippen molar-refractivity contribution in [1.82, 2.24) is 0 Å². The van der Waals surface area contributed by atoms with Crippen LogP contribution < -0.4 is 5.46 Å². The van der Waals surface area contributed by atoms with Crippen molar-refractivity contribution >= 4 is 12.6 Å². The Morgan fingerprint density at radius 3 is 1.83 bits per heavy atom. The smallest absolute Gasteiger partial charge is 0.399 e. The Kier molecular flexibility index (Phi) is 7.04. The minimum absolute atomic E-state index is 0.0964. The quantitative estimate of drug-likeness (QED) is 0.541. The second-order valence-electron chi connectivity index (χ2n) is 11.6. The van der Waals surface area contributed by atoms with E-state index in [0.29, 0.717) is 26.1 Å². The number of benzene rings is 2. The van der Waals surface area contributed by atoms with Crippen LogP contribution in [-0.4, -0.2) is 36.6 Å². The molecule has 0 spiro atoms. The van der Waals surface area contributed by atoms with Gasteiger partial charge in [0.15, 0.2) is 0 Å². The van der Waals surface area contributed by atoms with Crippen molar-refractivity contribution in [2.24, 2.45) is 0 Å². The molecule has 2 saturated heterocycles. The van der Waals surface area contributed by atoms with Crippen molar-refractivity contribution in [3.05, 3.63) is 64.2 Å². The van der Waals surface area contributed by atoms with Gasteiger partial charge in [0.1, 0.15) is 0 Å². The van der Waals surface area contributed by atoms with Gasteiger partial charge in [-0.15, -0.1) is 0 Å². The van der Waals surface area contributed by atoms with Crippen molar-refractivity contribution in [1.29, 1.82) is 0 Å². The average molecular weight is 478 g/mol. The zero-order valence-corrected chi connectivity index (χ0v) is 23.0. The summed E-state index contributed by atoms with van der Waals surface area (Å²) < 4.78 is 18.2. The van der Waals surface area contributed by atoms with E-state index >= 15 is 0 Å². The Morgan fingerprint density at radius 1 is 0.829 bits per heavy atom. The molecule has 0 aromatic heterocycles. The first kappa shape index (κ1) is 26.4. The van der Waals surface area contributed by atoms with Crippen molar-refractivity contribution < 1.29 is 19.2 Å². The molecule has 0 atom stereocenters. The molecule has 0 amide bonds. The summed E-state index contributed by atoms with van der Waals surface area (Å²) in [4.78, 5) is 0. The Balaban J connectivity index is 1.69. The highest BCUT2D eigenvalue weighted by Gasteiger charge is 2.52. The molecule has 35 heavy (non-hydrogen) atoms. The van der Waals surface area contributed by atoms with Gasteiger partial charge in [-0.2, -0.15) is 0 Å². The maximum absolute atomic E-state index is 11.3. The topological polar surface area (TPSA) is 47.9 Å². The third kappa shape index (κ3) is 4.50. The minimum atomic E-state index is -0.789. The largest absolute Gasteiger partial charge is 0.495 e. The molecular weight excluding hydrogens is 435 g/mol. The van der Waals surface area contributed by atoms with Gasteiger partial charge in [-0.25, -0.2) is 0 Å². The van der Waals surface area contributed by atoms with Crippen molar-refractivity contribution in [2.45, 2.75) is 103 Å². The van der Waals surface area contributed by atoms with Crippen molar-refractivity contribution in [3.8, 4) is 0 Å². The summed E-state index contributed by atoms with van der Waals surface area (Å²) in [6.45, 7) is 18.4. The minimum Gasteiger partial charge on any atom is -0.399 e. The predicted molar refractivity (Wildman–Crippen MR) is 143 cm³/mol. The normalized spacial score (nSPS) is 21.3. The maximum Gasteiger partial charge on any atom is 0.495 e. The van der Waals surface area contributed by atoms with E-state index in [0.717, 1.165) is 29.4 Å². The van der Waals surface area contributed by atoms with Crippen LogP contribution in [0, 0.1) is 13.8 Å². The molecule has 2 fully saturated rings. The van der Waals surface area contributed by atoms with E-state index in [2.05, 4.69) is 91.8 Å². The summed E-state index contributed by atoms with van der Waals surface area (Å²) in [5.74, 6) is 0. The molecule has 2 aromatic carbocycles. The second-order valence-corrected chi connectivity index (χ2v) is 11.6. The van der Waals surface area contributed by atoms with Gasteiger partial charge in [0.05, 0.1) is 16.8 Å². The molecule has 0 bridgehead atoms. The van der Waals surface area contributed by atoms with E-state index in [1.54, 1.807) is 0 Å². The van der Waals surface area contributed by atoms with E-state index in [1.165, 1.54) is 16.7 Å². The average Bonchev–Trinajstić information content (AvgIpc) is 3.02. The maximum atomic E-state index is 11.3. The van der Waals surface area contributed by atoms with Crippen molar-refractivity contribution in [3.63, 3.8) is 0 Å². The highest BCUT2D eigenvalue weighted by molar-refractivity contribution is 6.62. The SMILES string of the molecule is CCC(CC)(c1ccc(B2OC(C)(C)C(C)(C)O2)c(C)c1)c1ccc(C2(O)CCOCC2)c(C)c1. The Morgan fingerprint density at radius 2 is 1.34 bits per heavy atom. The van der Waals surface area contributed by atoms with E-state index in [1.807, 2.05) is 0 Å². The highest BCUT2D eigenvalue weighted by Crippen LogP contribution is 2.42. The van der Waals surface area contributed by atoms with Crippen LogP contribution in [0.2, 0.25) is 0 Å². The summed E-state index contributed by atoms with van der Waals surface area (Å²) in [5.41, 5.74) is 5.52. The van der Waals surface area contributed by atoms with Crippen LogP contribution in [-0.2, 0) is 25.1 Å². The molecule has 0 unspecified atom stereocenters. The summed E-state index contributed by atoms with van der Waals surface area (Å²) in [6, 6.07) is 13.5. The number of hydrogen-bond donors (Lipinski definition) is 1. The Hall–Kier alpha value is -1.66. The van der Waals surface area contributed by atoms with Gasteiger partial charge in [-0.05, 0) is 82.1 Å². The van der Waals surface area contributed by atoms with E-state index in [9.17, 15) is 5.11 Å². The van der Waals surface area contributed by atoms with Crippen LogP contribution in [0.15, 0.2) is 36.4 Å². The van der Waals surface area contributed by atoms with Crippen LogP contribution in [0.25, 0.3) is 0 Å². The van der Waals surface area contributed by atoms with E-state index < -0.39 is 5.60 Å². The van der Waals surface area contributed by atoms with Crippen LogP contribution in [0.3, 0.4) is 0 Å². The van der Waals surface area contributed by atoms with Gasteiger partial charge < -0.3 is 19.2 Å². The van der Waals surface area contributed by atoms with Gasteiger partial charge >= 0.3 is 7.12 Å². The third-order valence-corrected chi connectivity index (χ3v) is 9.14. The first-order valence-electron chi connectivity index (χ1n) is 13.3. The lowest BCUT2D eigenvalue weighted by Gasteiger charge is -2.37. The fraction of sp³-hybridized carbons (Fsp3) is 0.600. The second kappa shape index (κ2) is 9.34. The number of rotatable bonds is 6. The van der Waals surface area contributed by atoms with Crippen LogP contribution in [0.5, 0.6) is 0 Å². The molecule has 0 aliphatic carbocycles. The molecule has 0 radical (unpaired) electrons. The molecule has 1 N–H and O–H groups in total. The lowest BCUT2D eigenvalue weighted by Crippen LogP contribution is -2.41. The van der Waals surface area contributed by atoms with Crippen molar-refractivity contribution in [2.75, 3.05) is 13.2 Å². The number of hydrogen-bond acceptors (Lipinski definition) is 4. The summed E-state index contributed by atoms with van der Waals surface area (Å²) in [7, 11) is -0.353. The molecule has 0 saturated carbocycles. The Labute approximate surface area is 212 Å². The van der Waals surface area contributed by atoms with Gasteiger partial charge in [-0.3, -0.25) is 0 Å². The molecule has 2 aromatic rings. The summed E-state index contributed by atoms with van der Waals surface area (Å²) in [6.07, 6.45) is 3.30. The monoisotopic (exact) mass is 478 g/mol. The molecule has 2 aliphatic heterocycles. The standard InChI is InChI=1S/C30H43BO4/c1-9-29(10-2,23-11-13-25(21(3)19-23)30(32)15-17-33-18-16-30)24-12-14-26(22(4)20-24)31-34-27(5,6)28(7,8)35-31/h11-14,19-20,32H,9-10,15-18H2,1-8H3. The summed E-state index contributed by atoms with van der Waals surface area (Å²) in [5, 5.41) is 11.3. The van der Waals surface area contributed by atoms with Gasteiger partial charge in [0.2, 0.25) is 0 Å². The lowest BCUT2D eigenvalue weighted by molar-refractivity contribution is -0.0682. The molecule has 4 nitrogen and oxygen atoms in total. The van der Waals surface area contributed by atoms with Gasteiger partial charge in [-0.1, -0.05) is 55.8 Å². The predicted octanol–water partition coefficient (Wildman–Crippen LogP) is 5.71. The first-order chi connectivity index (χ1) is 16.4. The molecule has 2 aliphatic rings. The third-order valence-electron chi connectivity index (χ3n) is 9.14. The van der Waals surface area contributed by atoms with Gasteiger partial charge in [0.25, 0.3) is 0 Å². The molecule has 5 heteroatoms. The zero-order valence-electron chi connectivity index (χ0n) is 23.0. The first-order valence-corrected chi connectivity index (χ1v) is 13.3. The molecule has 2 heterocycles. The number of ether oxygens (including phenoxy) is 1. The number of aryl methyl sites for hydroxylation is 2. The molecular formula is C30H43BO4. The highest BCUT2D eigenvalue weighted by atomic mass is 16.7. The number of aliphatic hydroxyl groups is 1. The van der Waals surface area contributed by atoms with E-state index in [4.69, 9.17) is 14.0 Å². The lowest BCUT2D eigenvalue weighted by atomic mass is 9.67. The summed E-state index contributed by atoms with van der Waals surface area (Å²) >= 11 is 0. The molecule has 190 valence electrons. The van der Waals surface area contributed by atoms with Crippen LogP contribution in [0.1, 0.15) is 95.0 Å². The van der Waals surface area contributed by atoms with Crippen LogP contribution >= 0.6 is 0 Å². The fourth-order valence-electron chi connectivity index (χ4n) is 5.90. The van der Waals surface area contributed by atoms with E-state index in [-0.39, 0.29) is 23.7 Å². The van der Waals surface area contributed by atoms with Gasteiger partial charge in [0, 0.05) is 31.5 Å². The van der Waals surface area contributed by atoms with Crippen LogP contribution in [0.4, 0.5) is 0 Å². The Bertz CT molecular complexity index is 1050. The molecule has 4 rings (SSSR count).